The molecule has 0 saturated carbocycles. The van der Waals surface area contributed by atoms with Gasteiger partial charge in [-0.15, -0.1) is 5.10 Å². The molecule has 0 amide bonds. The molecule has 0 unspecified atom stereocenters. The fourth-order valence-corrected chi connectivity index (χ4v) is 3.04. The number of nitrogens with zero attached hydrogens (tertiary/aromatic N) is 5. The number of furan rings is 1. The molecular formula is C22H31N7O. The molecule has 2 heterocycles. The van der Waals surface area contributed by atoms with E-state index in [4.69, 9.17) is 9.41 Å². The van der Waals surface area contributed by atoms with Crippen LogP contribution in [0.15, 0.2) is 70.5 Å². The Labute approximate surface area is 178 Å². The smallest absolute Gasteiger partial charge is 0.191 e. The first-order chi connectivity index (χ1) is 14.8. The summed E-state index contributed by atoms with van der Waals surface area (Å²) in [4.78, 5) is 7.00. The zero-order chi connectivity index (χ0) is 20.9. The maximum atomic E-state index is 5.40. The van der Waals surface area contributed by atoms with E-state index in [9.17, 15) is 0 Å². The van der Waals surface area contributed by atoms with E-state index in [0.717, 1.165) is 63.7 Å². The third kappa shape index (κ3) is 7.62. The zero-order valence-electron chi connectivity index (χ0n) is 17.6. The number of para-hydroxylation sites is 1. The Hall–Kier alpha value is -3.29. The topological polar surface area (TPSA) is 83.5 Å². The first-order valence-corrected chi connectivity index (χ1v) is 10.5. The summed E-state index contributed by atoms with van der Waals surface area (Å²) in [5.41, 5.74) is 1.23. The molecule has 2 aromatic heterocycles. The molecule has 2 N–H and O–H groups in total. The average Bonchev–Trinajstić information content (AvgIpc) is 3.48. The summed E-state index contributed by atoms with van der Waals surface area (Å²) in [6.45, 7) is 4.13. The summed E-state index contributed by atoms with van der Waals surface area (Å²) in [7, 11) is 2.12. The van der Waals surface area contributed by atoms with Crippen LogP contribution < -0.4 is 15.5 Å². The molecule has 0 atom stereocenters. The van der Waals surface area contributed by atoms with E-state index in [-0.39, 0.29) is 0 Å². The highest BCUT2D eigenvalue weighted by Gasteiger charge is 2.02. The van der Waals surface area contributed by atoms with Gasteiger partial charge in [0.1, 0.15) is 5.76 Å². The van der Waals surface area contributed by atoms with Gasteiger partial charge in [0.05, 0.1) is 12.5 Å². The Balaban J connectivity index is 1.41. The van der Waals surface area contributed by atoms with Crippen molar-refractivity contribution in [3.05, 3.63) is 66.9 Å². The minimum atomic E-state index is 0.760. The lowest BCUT2D eigenvalue weighted by molar-refractivity contribution is 0.506. The summed E-state index contributed by atoms with van der Waals surface area (Å²) in [5, 5.41) is 14.6. The van der Waals surface area contributed by atoms with Gasteiger partial charge in [0.15, 0.2) is 5.96 Å². The van der Waals surface area contributed by atoms with Crippen molar-refractivity contribution >= 4 is 11.6 Å². The number of aliphatic imine (C=N–C) groups is 1. The van der Waals surface area contributed by atoms with Gasteiger partial charge in [-0.2, -0.15) is 0 Å². The second-order valence-electron chi connectivity index (χ2n) is 7.04. The molecule has 0 aliphatic rings. The van der Waals surface area contributed by atoms with Crippen LogP contribution in [0.3, 0.4) is 0 Å². The molecule has 8 heteroatoms. The number of guanidine groups is 1. The molecule has 30 heavy (non-hydrogen) atoms. The van der Waals surface area contributed by atoms with Crippen molar-refractivity contribution in [3.8, 4) is 0 Å². The van der Waals surface area contributed by atoms with E-state index in [2.05, 4.69) is 57.2 Å². The Morgan fingerprint density at radius 3 is 2.73 bits per heavy atom. The lowest BCUT2D eigenvalue weighted by Crippen LogP contribution is -2.39. The summed E-state index contributed by atoms with van der Waals surface area (Å²) >= 11 is 0. The highest BCUT2D eigenvalue weighted by molar-refractivity contribution is 5.79. The number of aromatic nitrogens is 3. The van der Waals surface area contributed by atoms with Gasteiger partial charge in [0, 0.05) is 58.1 Å². The van der Waals surface area contributed by atoms with Crippen LogP contribution in [0.5, 0.6) is 0 Å². The molecule has 0 spiro atoms. The summed E-state index contributed by atoms with van der Waals surface area (Å²) in [5.74, 6) is 1.81. The second kappa shape index (κ2) is 12.3. The van der Waals surface area contributed by atoms with Crippen molar-refractivity contribution in [2.75, 3.05) is 38.1 Å². The standard InChI is InChI=1S/C22H31N7O/c1-28(20-8-3-2-4-9-20)16-6-12-23-22(25-14-11-21-10-5-19-30-21)24-13-7-17-29-18-15-26-27-29/h2-5,8-10,15,18-19H,6-7,11-14,16-17H2,1H3,(H2,23,24,25). The van der Waals surface area contributed by atoms with Crippen molar-refractivity contribution in [2.45, 2.75) is 25.8 Å². The van der Waals surface area contributed by atoms with Crippen LogP contribution in [0.25, 0.3) is 0 Å². The maximum absolute atomic E-state index is 5.40. The van der Waals surface area contributed by atoms with E-state index in [1.807, 2.05) is 29.1 Å². The molecule has 0 fully saturated rings. The highest BCUT2D eigenvalue weighted by Crippen LogP contribution is 2.10. The monoisotopic (exact) mass is 409 g/mol. The van der Waals surface area contributed by atoms with Crippen molar-refractivity contribution in [1.82, 2.24) is 25.6 Å². The normalized spacial score (nSPS) is 11.4. The third-order valence-electron chi connectivity index (χ3n) is 4.69. The van der Waals surface area contributed by atoms with Crippen LogP contribution in [0, 0.1) is 0 Å². The Kier molecular flexibility index (Phi) is 8.79. The van der Waals surface area contributed by atoms with Crippen molar-refractivity contribution in [1.29, 1.82) is 0 Å². The quantitative estimate of drug-likeness (QED) is 0.272. The lowest BCUT2D eigenvalue weighted by Gasteiger charge is -2.18. The molecule has 160 valence electrons. The summed E-state index contributed by atoms with van der Waals surface area (Å²) in [6.07, 6.45) is 8.02. The number of aryl methyl sites for hydroxylation is 1. The summed E-state index contributed by atoms with van der Waals surface area (Å²) in [6, 6.07) is 14.3. The van der Waals surface area contributed by atoms with Crippen LogP contribution in [0.2, 0.25) is 0 Å². The second-order valence-corrected chi connectivity index (χ2v) is 7.04. The van der Waals surface area contributed by atoms with Gasteiger partial charge in [-0.05, 0) is 37.1 Å². The van der Waals surface area contributed by atoms with Crippen LogP contribution in [-0.2, 0) is 13.0 Å². The number of rotatable bonds is 12. The lowest BCUT2D eigenvalue weighted by atomic mass is 10.3. The number of nitrogens with one attached hydrogen (secondary N) is 2. The minimum absolute atomic E-state index is 0.760. The molecule has 0 saturated heterocycles. The molecule has 1 aromatic carbocycles. The number of anilines is 1. The predicted octanol–water partition coefficient (Wildman–Crippen LogP) is 2.57. The van der Waals surface area contributed by atoms with Crippen molar-refractivity contribution in [3.63, 3.8) is 0 Å². The molecular weight excluding hydrogens is 378 g/mol. The molecule has 0 bridgehead atoms. The van der Waals surface area contributed by atoms with Crippen molar-refractivity contribution in [2.24, 2.45) is 4.99 Å². The first kappa shape index (κ1) is 21.4. The van der Waals surface area contributed by atoms with Crippen molar-refractivity contribution < 1.29 is 4.42 Å². The van der Waals surface area contributed by atoms with Gasteiger partial charge in [0.25, 0.3) is 0 Å². The van der Waals surface area contributed by atoms with Gasteiger partial charge in [-0.3, -0.25) is 9.67 Å². The molecule has 0 radical (unpaired) electrons. The molecule has 0 aliphatic heterocycles. The molecule has 3 aromatic rings. The van der Waals surface area contributed by atoms with E-state index in [1.54, 1.807) is 12.5 Å². The van der Waals surface area contributed by atoms with Crippen LogP contribution >= 0.6 is 0 Å². The largest absolute Gasteiger partial charge is 0.469 e. The van der Waals surface area contributed by atoms with E-state index < -0.39 is 0 Å². The van der Waals surface area contributed by atoms with Gasteiger partial charge < -0.3 is 20.0 Å². The fourth-order valence-electron chi connectivity index (χ4n) is 3.04. The maximum Gasteiger partial charge on any atom is 0.191 e. The van der Waals surface area contributed by atoms with Crippen LogP contribution in [-0.4, -0.2) is 54.2 Å². The number of hydrogen-bond donors (Lipinski definition) is 2. The number of hydrogen-bond acceptors (Lipinski definition) is 5. The zero-order valence-corrected chi connectivity index (χ0v) is 17.6. The average molecular weight is 410 g/mol. The van der Waals surface area contributed by atoms with E-state index in [0.29, 0.717) is 0 Å². The fraction of sp³-hybridized carbons (Fsp3) is 0.409. The highest BCUT2D eigenvalue weighted by atomic mass is 16.3. The van der Waals surface area contributed by atoms with E-state index in [1.165, 1.54) is 5.69 Å². The molecule has 3 rings (SSSR count). The first-order valence-electron chi connectivity index (χ1n) is 10.5. The SMILES string of the molecule is CN(CCCN=C(NCCCn1ccnn1)NCCc1ccco1)c1ccccc1. The summed E-state index contributed by atoms with van der Waals surface area (Å²) < 4.78 is 7.24. The molecule has 0 aliphatic carbocycles. The predicted molar refractivity (Wildman–Crippen MR) is 120 cm³/mol. The Morgan fingerprint density at radius 2 is 1.97 bits per heavy atom. The molecule has 8 nitrogen and oxygen atoms in total. The Morgan fingerprint density at radius 1 is 1.10 bits per heavy atom. The third-order valence-corrected chi connectivity index (χ3v) is 4.69. The van der Waals surface area contributed by atoms with Crippen LogP contribution in [0.1, 0.15) is 18.6 Å². The minimum Gasteiger partial charge on any atom is -0.469 e. The van der Waals surface area contributed by atoms with Gasteiger partial charge in [-0.25, -0.2) is 0 Å². The van der Waals surface area contributed by atoms with Gasteiger partial charge >= 0.3 is 0 Å². The Bertz CT molecular complexity index is 832. The van der Waals surface area contributed by atoms with Gasteiger partial charge in [0.2, 0.25) is 0 Å². The van der Waals surface area contributed by atoms with Gasteiger partial charge in [-0.1, -0.05) is 23.4 Å². The van der Waals surface area contributed by atoms with Crippen LogP contribution in [0.4, 0.5) is 5.69 Å². The van der Waals surface area contributed by atoms with E-state index >= 15 is 0 Å². The number of benzene rings is 1.